The molecule has 0 bridgehead atoms. The first-order chi connectivity index (χ1) is 7.16. The molecule has 1 unspecified atom stereocenters. The number of amides is 2. The zero-order chi connectivity index (χ0) is 11.3. The smallest absolute Gasteiger partial charge is 0.246 e. The summed E-state index contributed by atoms with van der Waals surface area (Å²) in [6.45, 7) is 0.645. The van der Waals surface area contributed by atoms with Gasteiger partial charge in [0.1, 0.15) is 0 Å². The van der Waals surface area contributed by atoms with Gasteiger partial charge in [-0.1, -0.05) is 0 Å². The van der Waals surface area contributed by atoms with E-state index in [1.54, 1.807) is 0 Å². The lowest BCUT2D eigenvalue weighted by atomic mass is 10.0. The molecule has 1 aliphatic rings. The first kappa shape index (κ1) is 11.7. The Kier molecular flexibility index (Phi) is 4.25. The highest BCUT2D eigenvalue weighted by Gasteiger charge is 2.30. The van der Waals surface area contributed by atoms with Gasteiger partial charge >= 0.3 is 0 Å². The molecule has 0 radical (unpaired) electrons. The van der Waals surface area contributed by atoms with Crippen LogP contribution in [0.15, 0.2) is 0 Å². The SMILES string of the molecule is CN1C(=O)CCC(NCCCC#N)C1=O. The van der Waals surface area contributed by atoms with Crippen LogP contribution in [0, 0.1) is 11.3 Å². The predicted octanol–water partition coefficient (Wildman–Crippen LogP) is 0.0272. The van der Waals surface area contributed by atoms with Crippen LogP contribution in [0.4, 0.5) is 0 Å². The number of nitrogens with zero attached hydrogens (tertiary/aromatic N) is 2. The molecule has 1 atom stereocenters. The van der Waals surface area contributed by atoms with Crippen molar-refractivity contribution in [2.75, 3.05) is 13.6 Å². The number of piperidine rings is 1. The fourth-order valence-corrected chi connectivity index (χ4v) is 1.55. The fourth-order valence-electron chi connectivity index (χ4n) is 1.55. The number of likely N-dealkylation sites (N-methyl/N-ethyl adjacent to an activating group) is 1. The van der Waals surface area contributed by atoms with Crippen LogP contribution in [0.3, 0.4) is 0 Å². The molecule has 5 heteroatoms. The Morgan fingerprint density at radius 2 is 2.33 bits per heavy atom. The highest BCUT2D eigenvalue weighted by Crippen LogP contribution is 2.11. The molecule has 1 rings (SSSR count). The number of nitriles is 1. The lowest BCUT2D eigenvalue weighted by molar-refractivity contribution is -0.148. The normalized spacial score (nSPS) is 21.6. The van der Waals surface area contributed by atoms with Gasteiger partial charge in [-0.25, -0.2) is 0 Å². The summed E-state index contributed by atoms with van der Waals surface area (Å²) in [4.78, 5) is 23.9. The van der Waals surface area contributed by atoms with Crippen molar-refractivity contribution in [3.63, 3.8) is 0 Å². The molecule has 2 amide bonds. The molecule has 0 aromatic heterocycles. The maximum absolute atomic E-state index is 11.6. The van der Waals surface area contributed by atoms with Crippen LogP contribution in [-0.2, 0) is 9.59 Å². The van der Waals surface area contributed by atoms with Gasteiger partial charge in [-0.15, -0.1) is 0 Å². The molecule has 1 heterocycles. The minimum atomic E-state index is -0.258. The van der Waals surface area contributed by atoms with Crippen LogP contribution < -0.4 is 5.32 Å². The van der Waals surface area contributed by atoms with Gasteiger partial charge in [0.25, 0.3) is 0 Å². The molecule has 82 valence electrons. The van der Waals surface area contributed by atoms with E-state index in [1.165, 1.54) is 11.9 Å². The Bertz CT molecular complexity index is 296. The van der Waals surface area contributed by atoms with Gasteiger partial charge in [-0.2, -0.15) is 5.26 Å². The molecular formula is C10H15N3O2. The number of carbonyl (C=O) groups excluding carboxylic acids is 2. The first-order valence-electron chi connectivity index (χ1n) is 5.07. The highest BCUT2D eigenvalue weighted by molar-refractivity contribution is 6.00. The van der Waals surface area contributed by atoms with Crippen molar-refractivity contribution in [1.82, 2.24) is 10.2 Å². The zero-order valence-corrected chi connectivity index (χ0v) is 8.82. The molecular weight excluding hydrogens is 194 g/mol. The number of likely N-dealkylation sites (tertiary alicyclic amines) is 1. The summed E-state index contributed by atoms with van der Waals surface area (Å²) in [5.41, 5.74) is 0. The first-order valence-corrected chi connectivity index (χ1v) is 5.07. The van der Waals surface area contributed by atoms with E-state index in [0.717, 1.165) is 6.42 Å². The minimum Gasteiger partial charge on any atom is -0.306 e. The molecule has 1 N–H and O–H groups in total. The average molecular weight is 209 g/mol. The lowest BCUT2D eigenvalue weighted by Gasteiger charge is -2.28. The van der Waals surface area contributed by atoms with Crippen molar-refractivity contribution in [1.29, 1.82) is 5.26 Å². The Hall–Kier alpha value is -1.41. The lowest BCUT2D eigenvalue weighted by Crippen LogP contribution is -2.51. The summed E-state index contributed by atoms with van der Waals surface area (Å²) in [5.74, 6) is -0.279. The van der Waals surface area contributed by atoms with E-state index in [0.29, 0.717) is 25.8 Å². The topological polar surface area (TPSA) is 73.2 Å². The Balaban J connectivity index is 2.34. The number of carbonyl (C=O) groups is 2. The van der Waals surface area contributed by atoms with E-state index < -0.39 is 0 Å². The molecule has 0 aliphatic carbocycles. The van der Waals surface area contributed by atoms with Crippen LogP contribution in [-0.4, -0.2) is 36.3 Å². The van der Waals surface area contributed by atoms with Gasteiger partial charge in [0.2, 0.25) is 11.8 Å². The summed E-state index contributed by atoms with van der Waals surface area (Å²) in [6, 6.07) is 1.79. The number of imide groups is 1. The van der Waals surface area contributed by atoms with Gasteiger partial charge in [-0.05, 0) is 19.4 Å². The zero-order valence-electron chi connectivity index (χ0n) is 8.82. The predicted molar refractivity (Wildman–Crippen MR) is 53.6 cm³/mol. The number of nitrogens with one attached hydrogen (secondary N) is 1. The van der Waals surface area contributed by atoms with E-state index in [1.807, 2.05) is 6.07 Å². The second-order valence-electron chi connectivity index (χ2n) is 3.60. The summed E-state index contributed by atoms with van der Waals surface area (Å²) in [6.07, 6.45) is 2.20. The molecule has 5 nitrogen and oxygen atoms in total. The molecule has 15 heavy (non-hydrogen) atoms. The number of unbranched alkanes of at least 4 members (excludes halogenated alkanes) is 1. The third kappa shape index (κ3) is 3.03. The summed E-state index contributed by atoms with van der Waals surface area (Å²) >= 11 is 0. The average Bonchev–Trinajstić information content (AvgIpc) is 2.24. The van der Waals surface area contributed by atoms with Crippen LogP contribution in [0.2, 0.25) is 0 Å². The number of hydrogen-bond acceptors (Lipinski definition) is 4. The Morgan fingerprint density at radius 1 is 1.60 bits per heavy atom. The molecule has 0 aromatic rings. The van der Waals surface area contributed by atoms with Crippen molar-refractivity contribution in [3.05, 3.63) is 0 Å². The van der Waals surface area contributed by atoms with E-state index in [2.05, 4.69) is 5.32 Å². The van der Waals surface area contributed by atoms with Crippen molar-refractivity contribution in [2.45, 2.75) is 31.7 Å². The monoisotopic (exact) mass is 209 g/mol. The van der Waals surface area contributed by atoms with Crippen LogP contribution in [0.1, 0.15) is 25.7 Å². The van der Waals surface area contributed by atoms with Crippen LogP contribution >= 0.6 is 0 Å². The molecule has 0 spiro atoms. The molecule has 0 aromatic carbocycles. The van der Waals surface area contributed by atoms with Crippen molar-refractivity contribution < 1.29 is 9.59 Å². The maximum atomic E-state index is 11.6. The third-order valence-corrected chi connectivity index (χ3v) is 2.51. The summed E-state index contributed by atoms with van der Waals surface area (Å²) in [5, 5.41) is 11.4. The van der Waals surface area contributed by atoms with Gasteiger partial charge in [0.15, 0.2) is 0 Å². The Morgan fingerprint density at radius 3 is 3.00 bits per heavy atom. The number of rotatable bonds is 4. The van der Waals surface area contributed by atoms with Gasteiger partial charge < -0.3 is 5.32 Å². The van der Waals surface area contributed by atoms with Gasteiger partial charge in [-0.3, -0.25) is 14.5 Å². The molecule has 1 aliphatic heterocycles. The van der Waals surface area contributed by atoms with E-state index in [-0.39, 0.29) is 17.9 Å². The fraction of sp³-hybridized carbons (Fsp3) is 0.700. The largest absolute Gasteiger partial charge is 0.306 e. The molecule has 1 saturated heterocycles. The van der Waals surface area contributed by atoms with E-state index in [9.17, 15) is 9.59 Å². The molecule has 1 fully saturated rings. The van der Waals surface area contributed by atoms with Gasteiger partial charge in [0, 0.05) is 19.9 Å². The maximum Gasteiger partial charge on any atom is 0.246 e. The second kappa shape index (κ2) is 5.47. The van der Waals surface area contributed by atoms with Crippen molar-refractivity contribution in [2.24, 2.45) is 0 Å². The summed E-state index contributed by atoms with van der Waals surface area (Å²) in [7, 11) is 1.51. The van der Waals surface area contributed by atoms with Crippen molar-refractivity contribution in [3.8, 4) is 6.07 Å². The standard InChI is InChI=1S/C10H15N3O2/c1-13-9(14)5-4-8(10(13)15)12-7-3-2-6-11/h8,12H,2-5,7H2,1H3. The number of hydrogen-bond donors (Lipinski definition) is 1. The summed E-state index contributed by atoms with van der Waals surface area (Å²) < 4.78 is 0. The molecule has 0 saturated carbocycles. The minimum absolute atomic E-state index is 0.116. The second-order valence-corrected chi connectivity index (χ2v) is 3.60. The quantitative estimate of drug-likeness (QED) is 0.523. The van der Waals surface area contributed by atoms with Crippen molar-refractivity contribution >= 4 is 11.8 Å². The Labute approximate surface area is 89.0 Å². The van der Waals surface area contributed by atoms with Gasteiger partial charge in [0.05, 0.1) is 12.1 Å². The van der Waals surface area contributed by atoms with E-state index in [4.69, 9.17) is 5.26 Å². The third-order valence-electron chi connectivity index (χ3n) is 2.51. The highest BCUT2D eigenvalue weighted by atomic mass is 16.2. The van der Waals surface area contributed by atoms with Crippen LogP contribution in [0.5, 0.6) is 0 Å². The van der Waals surface area contributed by atoms with Crippen LogP contribution in [0.25, 0.3) is 0 Å². The van der Waals surface area contributed by atoms with E-state index >= 15 is 0 Å².